The molecule has 0 aliphatic heterocycles. The van der Waals surface area contributed by atoms with Gasteiger partial charge in [-0.15, -0.1) is 0 Å². The van der Waals surface area contributed by atoms with Crippen LogP contribution >= 0.6 is 0 Å². The van der Waals surface area contributed by atoms with Gasteiger partial charge in [-0.25, -0.2) is 0 Å². The quantitative estimate of drug-likeness (QED) is 0.723. The summed E-state index contributed by atoms with van der Waals surface area (Å²) in [6.45, 7) is 4.43. The molecule has 0 bridgehead atoms. The van der Waals surface area contributed by atoms with Crippen LogP contribution < -0.4 is 0 Å². The molecule has 0 spiro atoms. The number of allylic oxidation sites excluding steroid dienone is 3. The third-order valence-electron chi connectivity index (χ3n) is 7.53. The fourth-order valence-electron chi connectivity index (χ4n) is 6.22. The number of ketones is 1. The summed E-state index contributed by atoms with van der Waals surface area (Å²) >= 11 is 0. The van der Waals surface area contributed by atoms with Crippen LogP contribution in [0.2, 0.25) is 0 Å². The molecule has 2 unspecified atom stereocenters. The van der Waals surface area contributed by atoms with Crippen LogP contribution in [0.15, 0.2) is 23.8 Å². The lowest BCUT2D eigenvalue weighted by atomic mass is 9.48. The van der Waals surface area contributed by atoms with Gasteiger partial charge in [0, 0.05) is 5.41 Å². The lowest BCUT2D eigenvalue weighted by Gasteiger charge is -2.57. The lowest BCUT2D eigenvalue weighted by Crippen LogP contribution is -2.53. The molecule has 7 atom stereocenters. The summed E-state index contributed by atoms with van der Waals surface area (Å²) in [6.07, 6.45) is 9.53. The maximum absolute atomic E-state index is 11.7. The van der Waals surface area contributed by atoms with Gasteiger partial charge in [0.15, 0.2) is 5.78 Å². The average Bonchev–Trinajstić information content (AvgIpc) is 2.77. The van der Waals surface area contributed by atoms with Crippen molar-refractivity contribution in [1.29, 1.82) is 0 Å². The summed E-state index contributed by atoms with van der Waals surface area (Å²) in [5.41, 5.74) is 0.751. The number of hydrogen-bond donors (Lipinski definition) is 2. The summed E-state index contributed by atoms with van der Waals surface area (Å²) in [7, 11) is 0. The maximum atomic E-state index is 11.7. The van der Waals surface area contributed by atoms with Gasteiger partial charge in [0.25, 0.3) is 0 Å². The fraction of sp³-hybridized carbons (Fsp3) is 0.737. The van der Waals surface area contributed by atoms with Crippen molar-refractivity contribution in [2.24, 2.45) is 28.6 Å². The molecule has 4 aliphatic carbocycles. The zero-order valence-corrected chi connectivity index (χ0v) is 13.5. The third-order valence-corrected chi connectivity index (χ3v) is 7.53. The van der Waals surface area contributed by atoms with Crippen LogP contribution in [0, 0.1) is 28.6 Å². The van der Waals surface area contributed by atoms with Crippen molar-refractivity contribution in [3.63, 3.8) is 0 Å². The Labute approximate surface area is 132 Å². The van der Waals surface area contributed by atoms with Crippen molar-refractivity contribution in [2.75, 3.05) is 0 Å². The largest absolute Gasteiger partial charge is 0.393 e. The van der Waals surface area contributed by atoms with Gasteiger partial charge in [0.2, 0.25) is 0 Å². The zero-order valence-electron chi connectivity index (χ0n) is 13.5. The summed E-state index contributed by atoms with van der Waals surface area (Å²) < 4.78 is 0. The fourth-order valence-corrected chi connectivity index (χ4v) is 6.22. The first kappa shape index (κ1) is 14.6. The number of fused-ring (bicyclic) bond motifs is 5. The van der Waals surface area contributed by atoms with E-state index in [1.54, 1.807) is 12.2 Å². The molecule has 0 amide bonds. The number of aliphatic hydroxyl groups is 2. The Morgan fingerprint density at radius 3 is 2.68 bits per heavy atom. The van der Waals surface area contributed by atoms with Gasteiger partial charge in [-0.05, 0) is 73.0 Å². The van der Waals surface area contributed by atoms with Gasteiger partial charge >= 0.3 is 0 Å². The van der Waals surface area contributed by atoms with Crippen molar-refractivity contribution in [1.82, 2.24) is 0 Å². The van der Waals surface area contributed by atoms with Crippen molar-refractivity contribution >= 4 is 5.78 Å². The van der Waals surface area contributed by atoms with E-state index in [0.717, 1.165) is 37.7 Å². The molecule has 120 valence electrons. The van der Waals surface area contributed by atoms with Crippen molar-refractivity contribution in [3.8, 4) is 0 Å². The van der Waals surface area contributed by atoms with Crippen LogP contribution in [0.1, 0.15) is 46.0 Å². The second-order valence-electron chi connectivity index (χ2n) is 8.38. The van der Waals surface area contributed by atoms with Crippen LogP contribution in [-0.2, 0) is 4.79 Å². The number of hydrogen-bond acceptors (Lipinski definition) is 3. The Morgan fingerprint density at radius 1 is 1.14 bits per heavy atom. The number of rotatable bonds is 0. The van der Waals surface area contributed by atoms with Gasteiger partial charge in [0.1, 0.15) is 0 Å². The molecule has 3 saturated carbocycles. The molecule has 0 heterocycles. The van der Waals surface area contributed by atoms with Gasteiger partial charge in [-0.1, -0.05) is 19.9 Å². The minimum absolute atomic E-state index is 0.00177. The summed E-state index contributed by atoms with van der Waals surface area (Å²) in [6, 6.07) is 0. The highest BCUT2D eigenvalue weighted by Gasteiger charge is 2.59. The smallest absolute Gasteiger partial charge is 0.178 e. The Bertz CT molecular complexity index is 577. The zero-order chi connectivity index (χ0) is 15.7. The highest BCUT2D eigenvalue weighted by Crippen LogP contribution is 2.64. The van der Waals surface area contributed by atoms with Crippen LogP contribution in [-0.4, -0.2) is 28.2 Å². The average molecular weight is 302 g/mol. The highest BCUT2D eigenvalue weighted by atomic mass is 16.3. The van der Waals surface area contributed by atoms with Gasteiger partial charge in [-0.2, -0.15) is 0 Å². The third kappa shape index (κ3) is 1.73. The Balaban J connectivity index is 1.74. The summed E-state index contributed by atoms with van der Waals surface area (Å²) in [5.74, 6) is 1.43. The number of carbonyl (C=O) groups is 1. The van der Waals surface area contributed by atoms with Gasteiger partial charge in [-0.3, -0.25) is 4.79 Å². The molecule has 0 aromatic heterocycles. The first-order valence-corrected chi connectivity index (χ1v) is 8.67. The molecule has 4 rings (SSSR count). The second kappa shape index (κ2) is 4.55. The Morgan fingerprint density at radius 2 is 1.91 bits per heavy atom. The molecule has 0 radical (unpaired) electrons. The molecule has 3 fully saturated rings. The normalized spacial score (nSPS) is 53.5. The predicted molar refractivity (Wildman–Crippen MR) is 84.0 cm³/mol. The standard InChI is InChI=1S/C19H26O3/c1-18-7-5-11(20)9-15(18)16(21)10-12-13-3-4-17(22)19(13,2)8-6-14(12)18/h5,7,9,12-14,16-17,21-22H,3-4,6,8,10H2,1-2H3/t12-,13-,14-,16?,17?,18+,19-/m0/s1. The van der Waals surface area contributed by atoms with Gasteiger partial charge in [0.05, 0.1) is 12.2 Å². The summed E-state index contributed by atoms with van der Waals surface area (Å²) in [5, 5.41) is 21.1. The monoisotopic (exact) mass is 302 g/mol. The van der Waals surface area contributed by atoms with E-state index < -0.39 is 6.10 Å². The van der Waals surface area contributed by atoms with Crippen LogP contribution in [0.4, 0.5) is 0 Å². The van der Waals surface area contributed by atoms with Crippen LogP contribution in [0.3, 0.4) is 0 Å². The van der Waals surface area contributed by atoms with E-state index in [4.69, 9.17) is 0 Å². The topological polar surface area (TPSA) is 57.5 Å². The van der Waals surface area contributed by atoms with E-state index in [1.807, 2.05) is 6.08 Å². The molecule has 2 N–H and O–H groups in total. The molecule has 4 aliphatic rings. The minimum Gasteiger partial charge on any atom is -0.393 e. The van der Waals surface area contributed by atoms with Crippen molar-refractivity contribution < 1.29 is 15.0 Å². The molecular weight excluding hydrogens is 276 g/mol. The Kier molecular flexibility index (Phi) is 3.03. The number of carbonyl (C=O) groups excluding carboxylic acids is 1. The van der Waals surface area contributed by atoms with E-state index in [-0.39, 0.29) is 22.7 Å². The van der Waals surface area contributed by atoms with E-state index in [2.05, 4.69) is 13.8 Å². The molecule has 0 aromatic rings. The van der Waals surface area contributed by atoms with Crippen molar-refractivity contribution in [2.45, 2.75) is 58.2 Å². The molecule has 3 heteroatoms. The minimum atomic E-state index is -0.514. The second-order valence-corrected chi connectivity index (χ2v) is 8.38. The molecule has 22 heavy (non-hydrogen) atoms. The van der Waals surface area contributed by atoms with E-state index >= 15 is 0 Å². The van der Waals surface area contributed by atoms with E-state index in [1.165, 1.54) is 0 Å². The lowest BCUT2D eigenvalue weighted by molar-refractivity contribution is -0.111. The number of aliphatic hydroxyl groups excluding tert-OH is 2. The van der Waals surface area contributed by atoms with Crippen LogP contribution in [0.25, 0.3) is 0 Å². The maximum Gasteiger partial charge on any atom is 0.178 e. The Hall–Kier alpha value is -0.930. The van der Waals surface area contributed by atoms with Gasteiger partial charge < -0.3 is 10.2 Å². The molecule has 0 saturated heterocycles. The first-order chi connectivity index (χ1) is 10.4. The summed E-state index contributed by atoms with van der Waals surface area (Å²) in [4.78, 5) is 11.7. The molecular formula is C19H26O3. The molecule has 0 aromatic carbocycles. The van der Waals surface area contributed by atoms with Crippen molar-refractivity contribution in [3.05, 3.63) is 23.8 Å². The first-order valence-electron chi connectivity index (χ1n) is 8.67. The SMILES string of the molecule is C[C@]12C=CC(=O)C=C1C(O)C[C@@H]1[C@@H]2CC[C@]2(C)C(O)CC[C@@H]12. The highest BCUT2D eigenvalue weighted by molar-refractivity contribution is 6.01. The van der Waals surface area contributed by atoms with E-state index in [9.17, 15) is 15.0 Å². The van der Waals surface area contributed by atoms with E-state index in [0.29, 0.717) is 17.8 Å². The van der Waals surface area contributed by atoms with Crippen LogP contribution in [0.5, 0.6) is 0 Å². The molecule has 3 nitrogen and oxygen atoms in total. The predicted octanol–water partition coefficient (Wildman–Crippen LogP) is 2.63.